The third-order valence-electron chi connectivity index (χ3n) is 5.32. The molecule has 1 aromatic heterocycles. The topological polar surface area (TPSA) is 113 Å². The van der Waals surface area contributed by atoms with Crippen molar-refractivity contribution in [3.8, 4) is 11.3 Å². The highest BCUT2D eigenvalue weighted by Crippen LogP contribution is 2.31. The van der Waals surface area contributed by atoms with Crippen molar-refractivity contribution in [3.05, 3.63) is 77.1 Å². The zero-order valence-electron chi connectivity index (χ0n) is 16.6. The lowest BCUT2D eigenvalue weighted by atomic mass is 10.1. The summed E-state index contributed by atoms with van der Waals surface area (Å²) in [4.78, 5) is 20.7. The van der Waals surface area contributed by atoms with Gasteiger partial charge in [0.1, 0.15) is 0 Å². The molecule has 0 radical (unpaired) electrons. The van der Waals surface area contributed by atoms with Gasteiger partial charge in [0, 0.05) is 24.7 Å². The number of carbonyl (C=O) groups is 1. The average molecular weight is 403 g/mol. The summed E-state index contributed by atoms with van der Waals surface area (Å²) in [5.74, 6) is -0.388. The van der Waals surface area contributed by atoms with E-state index in [9.17, 15) is 4.79 Å². The highest BCUT2D eigenvalue weighted by molar-refractivity contribution is 5.96. The van der Waals surface area contributed by atoms with Crippen LogP contribution in [0.15, 0.2) is 54.7 Å². The highest BCUT2D eigenvalue weighted by atomic mass is 16.3. The van der Waals surface area contributed by atoms with Gasteiger partial charge in [-0.05, 0) is 35.6 Å². The normalized spacial score (nSPS) is 15.0. The molecule has 7 nitrogen and oxygen atoms in total. The Hall–Kier alpha value is -3.29. The first-order valence-corrected chi connectivity index (χ1v) is 10.1. The molecule has 1 heterocycles. The van der Waals surface area contributed by atoms with Gasteiger partial charge in [-0.15, -0.1) is 0 Å². The first-order chi connectivity index (χ1) is 14.7. The minimum Gasteiger partial charge on any atom is -0.395 e. The Kier molecular flexibility index (Phi) is 6.02. The number of anilines is 1. The van der Waals surface area contributed by atoms with E-state index < -0.39 is 5.91 Å². The van der Waals surface area contributed by atoms with Crippen LogP contribution in [0.1, 0.15) is 39.6 Å². The molecule has 1 amide bonds. The summed E-state index contributed by atoms with van der Waals surface area (Å²) in [6.07, 6.45) is 3.78. The Morgan fingerprint density at radius 2 is 2.07 bits per heavy atom. The molecule has 7 heteroatoms. The van der Waals surface area contributed by atoms with Gasteiger partial charge in [-0.25, -0.2) is 9.97 Å². The average Bonchev–Trinajstić information content (AvgIpc) is 3.20. The number of nitrogen functional groups attached to an aromatic ring is 1. The third kappa shape index (κ3) is 4.32. The van der Waals surface area contributed by atoms with Crippen LogP contribution in [0.5, 0.6) is 0 Å². The summed E-state index contributed by atoms with van der Waals surface area (Å²) in [7, 11) is 0. The predicted octanol–water partition coefficient (Wildman–Crippen LogP) is 2.23. The van der Waals surface area contributed by atoms with E-state index >= 15 is 0 Å². The Morgan fingerprint density at radius 3 is 2.93 bits per heavy atom. The molecule has 0 spiro atoms. The number of fused-ring (bicyclic) bond motifs is 1. The molecule has 0 aliphatic heterocycles. The summed E-state index contributed by atoms with van der Waals surface area (Å²) in [5.41, 5.74) is 11.3. The molecule has 154 valence electrons. The summed E-state index contributed by atoms with van der Waals surface area (Å²) in [6.45, 7) is 0.716. The lowest BCUT2D eigenvalue weighted by Gasteiger charge is -2.14. The number of rotatable bonds is 7. The minimum absolute atomic E-state index is 0.0620. The van der Waals surface area contributed by atoms with Gasteiger partial charge < -0.3 is 21.5 Å². The molecule has 5 N–H and O–H groups in total. The molecule has 4 rings (SSSR count). The fourth-order valence-corrected chi connectivity index (χ4v) is 3.81. The third-order valence-corrected chi connectivity index (χ3v) is 5.32. The number of hydrogen-bond donors (Lipinski definition) is 4. The minimum atomic E-state index is -0.450. The molecular formula is C23H25N5O2. The standard InChI is InChI=1S/C23H25N5O2/c24-22-21(23(30)25-10-11-29)28-20(14-27-22)17-6-3-4-15(12-17)13-26-19-9-8-16-5-1-2-7-18(16)19/h1-7,12,14,19,26,29H,8-11,13H2,(H2,24,27)(H,25,30)/t19-/m0/s1. The molecule has 2 aromatic carbocycles. The highest BCUT2D eigenvalue weighted by Gasteiger charge is 2.21. The Balaban J connectivity index is 1.49. The number of aryl methyl sites for hydroxylation is 1. The van der Waals surface area contributed by atoms with Crippen molar-refractivity contribution in [3.63, 3.8) is 0 Å². The van der Waals surface area contributed by atoms with Crippen molar-refractivity contribution in [1.29, 1.82) is 0 Å². The second-order valence-electron chi connectivity index (χ2n) is 7.34. The maximum atomic E-state index is 12.2. The van der Waals surface area contributed by atoms with Crippen LogP contribution in [-0.2, 0) is 13.0 Å². The first-order valence-electron chi connectivity index (χ1n) is 10.1. The van der Waals surface area contributed by atoms with Gasteiger partial charge in [-0.1, -0.05) is 42.5 Å². The molecular weight excluding hydrogens is 378 g/mol. The van der Waals surface area contributed by atoms with Crippen LogP contribution in [0, 0.1) is 0 Å². The van der Waals surface area contributed by atoms with Crippen LogP contribution >= 0.6 is 0 Å². The molecule has 1 aliphatic rings. The van der Waals surface area contributed by atoms with Crippen molar-refractivity contribution < 1.29 is 9.90 Å². The fourth-order valence-electron chi connectivity index (χ4n) is 3.81. The zero-order valence-corrected chi connectivity index (χ0v) is 16.6. The Bertz CT molecular complexity index is 1050. The van der Waals surface area contributed by atoms with Gasteiger partial charge in [-0.2, -0.15) is 0 Å². The largest absolute Gasteiger partial charge is 0.395 e. The lowest BCUT2D eigenvalue weighted by Crippen LogP contribution is -2.28. The number of amides is 1. The smallest absolute Gasteiger partial charge is 0.273 e. The van der Waals surface area contributed by atoms with E-state index in [-0.39, 0.29) is 24.7 Å². The van der Waals surface area contributed by atoms with Crippen LogP contribution in [0.3, 0.4) is 0 Å². The van der Waals surface area contributed by atoms with Crippen LogP contribution in [0.25, 0.3) is 11.3 Å². The molecule has 3 aromatic rings. The van der Waals surface area contributed by atoms with Crippen molar-refractivity contribution in [2.45, 2.75) is 25.4 Å². The monoisotopic (exact) mass is 403 g/mol. The van der Waals surface area contributed by atoms with E-state index in [4.69, 9.17) is 10.8 Å². The number of nitrogens with two attached hydrogens (primary N) is 1. The molecule has 1 aliphatic carbocycles. The number of carbonyl (C=O) groups excluding carboxylic acids is 1. The number of aliphatic hydroxyl groups excluding tert-OH is 1. The van der Waals surface area contributed by atoms with Crippen molar-refractivity contribution in [2.75, 3.05) is 18.9 Å². The van der Waals surface area contributed by atoms with Gasteiger partial charge in [0.05, 0.1) is 18.5 Å². The lowest BCUT2D eigenvalue weighted by molar-refractivity contribution is 0.0940. The zero-order chi connectivity index (χ0) is 20.9. The Labute approximate surface area is 175 Å². The molecule has 0 bridgehead atoms. The van der Waals surface area contributed by atoms with Crippen molar-refractivity contribution >= 4 is 11.7 Å². The van der Waals surface area contributed by atoms with E-state index in [1.165, 1.54) is 11.1 Å². The maximum Gasteiger partial charge on any atom is 0.273 e. The van der Waals surface area contributed by atoms with Gasteiger partial charge in [-0.3, -0.25) is 4.79 Å². The second-order valence-corrected chi connectivity index (χ2v) is 7.34. The van der Waals surface area contributed by atoms with Gasteiger partial charge in [0.15, 0.2) is 11.5 Å². The number of nitrogens with one attached hydrogen (secondary N) is 2. The van der Waals surface area contributed by atoms with Gasteiger partial charge in [0.2, 0.25) is 0 Å². The van der Waals surface area contributed by atoms with E-state index in [1.54, 1.807) is 6.20 Å². The Morgan fingerprint density at radius 1 is 1.20 bits per heavy atom. The summed E-state index contributed by atoms with van der Waals surface area (Å²) < 4.78 is 0. The molecule has 0 saturated heterocycles. The second kappa shape index (κ2) is 9.02. The molecule has 0 fully saturated rings. The number of aromatic nitrogens is 2. The number of benzene rings is 2. The molecule has 0 saturated carbocycles. The molecule has 1 atom stereocenters. The van der Waals surface area contributed by atoms with Crippen LogP contribution < -0.4 is 16.4 Å². The first kappa shape index (κ1) is 20.0. The van der Waals surface area contributed by atoms with Crippen LogP contribution in [0.2, 0.25) is 0 Å². The number of aliphatic hydroxyl groups is 1. The number of nitrogens with zero attached hydrogens (tertiary/aromatic N) is 2. The van der Waals surface area contributed by atoms with E-state index in [1.807, 2.05) is 18.2 Å². The quantitative estimate of drug-likeness (QED) is 0.481. The van der Waals surface area contributed by atoms with E-state index in [0.29, 0.717) is 11.7 Å². The summed E-state index contributed by atoms with van der Waals surface area (Å²) in [5, 5.41) is 15.1. The van der Waals surface area contributed by atoms with Crippen LogP contribution in [-0.4, -0.2) is 34.1 Å². The maximum absolute atomic E-state index is 12.2. The fraction of sp³-hybridized carbons (Fsp3) is 0.261. The molecule has 0 unspecified atom stereocenters. The summed E-state index contributed by atoms with van der Waals surface area (Å²) in [6, 6.07) is 17.0. The SMILES string of the molecule is Nc1ncc(-c2cccc(CN[C@H]3CCc4ccccc43)c2)nc1C(=O)NCCO. The van der Waals surface area contributed by atoms with Crippen molar-refractivity contribution in [2.24, 2.45) is 0 Å². The van der Waals surface area contributed by atoms with E-state index in [2.05, 4.69) is 50.9 Å². The van der Waals surface area contributed by atoms with E-state index in [0.717, 1.165) is 30.5 Å². The molecule has 30 heavy (non-hydrogen) atoms. The van der Waals surface area contributed by atoms with Gasteiger partial charge in [0.25, 0.3) is 5.91 Å². The summed E-state index contributed by atoms with van der Waals surface area (Å²) >= 11 is 0. The van der Waals surface area contributed by atoms with Gasteiger partial charge >= 0.3 is 0 Å². The predicted molar refractivity (Wildman–Crippen MR) is 116 cm³/mol. The number of hydrogen-bond acceptors (Lipinski definition) is 6. The van der Waals surface area contributed by atoms with Crippen LogP contribution in [0.4, 0.5) is 5.82 Å². The van der Waals surface area contributed by atoms with Crippen molar-refractivity contribution in [1.82, 2.24) is 20.6 Å².